The van der Waals surface area contributed by atoms with E-state index in [2.05, 4.69) is 179 Å². The molecule has 3 heteroatoms. The Labute approximate surface area is 296 Å². The molecular weight excluding hydrogens is 621 g/mol. The maximum absolute atomic E-state index is 6.19. The molecule has 242 valence electrons. The number of hydrogen-bond acceptors (Lipinski definition) is 2. The van der Waals surface area contributed by atoms with Crippen LogP contribution < -0.4 is 4.90 Å². The molecule has 0 fully saturated rings. The molecule has 0 aliphatic heterocycles. The van der Waals surface area contributed by atoms with Crippen molar-refractivity contribution in [2.75, 3.05) is 4.90 Å². The third-order valence-corrected chi connectivity index (χ3v) is 10.3. The second-order valence-electron chi connectivity index (χ2n) is 13.3. The van der Waals surface area contributed by atoms with Crippen LogP contribution in [0.1, 0.15) is 17.7 Å². The lowest BCUT2D eigenvalue weighted by atomic mass is 10.0. The van der Waals surface area contributed by atoms with E-state index in [9.17, 15) is 0 Å². The fraction of sp³-hybridized carbons (Fsp3) is 0.0417. The fourth-order valence-corrected chi connectivity index (χ4v) is 7.81. The van der Waals surface area contributed by atoms with Crippen molar-refractivity contribution in [3.63, 3.8) is 0 Å². The molecule has 2 aromatic heterocycles. The Bertz CT molecular complexity index is 2710. The number of nitrogens with zero attached hydrogens (tertiary/aromatic N) is 2. The smallest absolute Gasteiger partial charge is 0.135 e. The van der Waals surface area contributed by atoms with Crippen LogP contribution in [-0.4, -0.2) is 4.57 Å². The van der Waals surface area contributed by atoms with Crippen molar-refractivity contribution in [1.29, 1.82) is 0 Å². The predicted octanol–water partition coefficient (Wildman–Crippen LogP) is 13.3. The highest BCUT2D eigenvalue weighted by molar-refractivity contribution is 6.06. The summed E-state index contributed by atoms with van der Waals surface area (Å²) >= 11 is 0. The maximum atomic E-state index is 6.19. The van der Waals surface area contributed by atoms with Crippen molar-refractivity contribution >= 4 is 56.0 Å². The number of para-hydroxylation sites is 2. The molecule has 0 unspecified atom stereocenters. The number of fused-ring (bicyclic) bond motifs is 6. The standard InChI is InChI=1S/C48H34N2O/c1-2-10-33(11-3-1)34-18-24-37(25-19-34)49(40-30-31-48-44(32-40)43-14-6-9-17-47(43)51-48)38-26-20-35(21-27-38)36-22-28-39(29-23-36)50-45-15-7-4-12-41(45)42-13-5-8-16-46(42)50/h1-4,6-12,14-32H,5,13H2. The van der Waals surface area contributed by atoms with Gasteiger partial charge in [0.2, 0.25) is 0 Å². The van der Waals surface area contributed by atoms with Gasteiger partial charge < -0.3 is 13.9 Å². The number of hydrogen-bond donors (Lipinski definition) is 0. The summed E-state index contributed by atoms with van der Waals surface area (Å²) in [5.74, 6) is 0. The molecule has 7 aromatic carbocycles. The van der Waals surface area contributed by atoms with E-state index in [1.807, 2.05) is 12.1 Å². The van der Waals surface area contributed by atoms with Crippen LogP contribution in [0.3, 0.4) is 0 Å². The van der Waals surface area contributed by atoms with Gasteiger partial charge in [0.1, 0.15) is 11.2 Å². The summed E-state index contributed by atoms with van der Waals surface area (Å²) in [6.07, 6.45) is 6.77. The summed E-state index contributed by atoms with van der Waals surface area (Å²) in [6.45, 7) is 0. The first-order valence-corrected chi connectivity index (χ1v) is 17.7. The summed E-state index contributed by atoms with van der Waals surface area (Å²) in [7, 11) is 0. The highest BCUT2D eigenvalue weighted by Crippen LogP contribution is 2.40. The molecule has 3 nitrogen and oxygen atoms in total. The van der Waals surface area contributed by atoms with E-state index in [4.69, 9.17) is 4.42 Å². The van der Waals surface area contributed by atoms with Gasteiger partial charge in [-0.1, -0.05) is 109 Å². The number of furan rings is 1. The molecule has 10 rings (SSSR count). The Balaban J connectivity index is 1.02. The number of aromatic nitrogens is 1. The molecule has 9 aromatic rings. The summed E-state index contributed by atoms with van der Waals surface area (Å²) in [5, 5.41) is 3.59. The van der Waals surface area contributed by atoms with Gasteiger partial charge in [-0.3, -0.25) is 0 Å². The van der Waals surface area contributed by atoms with Crippen LogP contribution in [0.4, 0.5) is 17.1 Å². The second kappa shape index (κ2) is 12.1. The number of rotatable bonds is 6. The summed E-state index contributed by atoms with van der Waals surface area (Å²) < 4.78 is 8.60. The van der Waals surface area contributed by atoms with Crippen molar-refractivity contribution in [2.45, 2.75) is 12.8 Å². The number of allylic oxidation sites excluding steroid dienone is 1. The zero-order chi connectivity index (χ0) is 33.7. The zero-order valence-corrected chi connectivity index (χ0v) is 28.0. The first-order valence-electron chi connectivity index (χ1n) is 17.7. The fourth-order valence-electron chi connectivity index (χ4n) is 7.81. The van der Waals surface area contributed by atoms with Crippen LogP contribution in [0, 0.1) is 0 Å². The molecule has 51 heavy (non-hydrogen) atoms. The normalized spacial score (nSPS) is 12.5. The van der Waals surface area contributed by atoms with E-state index >= 15 is 0 Å². The van der Waals surface area contributed by atoms with Gasteiger partial charge >= 0.3 is 0 Å². The molecule has 0 saturated carbocycles. The maximum Gasteiger partial charge on any atom is 0.135 e. The Morgan fingerprint density at radius 3 is 1.76 bits per heavy atom. The third-order valence-electron chi connectivity index (χ3n) is 10.3. The lowest BCUT2D eigenvalue weighted by molar-refractivity contribution is 0.669. The van der Waals surface area contributed by atoms with Gasteiger partial charge in [0.15, 0.2) is 0 Å². The highest BCUT2D eigenvalue weighted by atomic mass is 16.3. The zero-order valence-electron chi connectivity index (χ0n) is 28.0. The van der Waals surface area contributed by atoms with Crippen LogP contribution in [0.2, 0.25) is 0 Å². The van der Waals surface area contributed by atoms with Gasteiger partial charge in [0, 0.05) is 44.6 Å². The molecule has 0 radical (unpaired) electrons. The Kier molecular flexibility index (Phi) is 6.95. The first-order chi connectivity index (χ1) is 25.3. The average molecular weight is 655 g/mol. The first kappa shape index (κ1) is 29.3. The SMILES string of the molecule is C1=Cc2c(c3ccccc3n2-c2ccc(-c3ccc(N(c4ccc(-c5ccccc5)cc4)c4ccc5oc6ccccc6c5c4)cc3)cc2)CC1. The van der Waals surface area contributed by atoms with E-state index in [1.54, 1.807) is 0 Å². The molecule has 0 spiro atoms. The molecule has 0 bridgehead atoms. The van der Waals surface area contributed by atoms with Crippen LogP contribution in [-0.2, 0) is 6.42 Å². The minimum absolute atomic E-state index is 0.891. The third kappa shape index (κ3) is 5.05. The van der Waals surface area contributed by atoms with Gasteiger partial charge in [-0.05, 0) is 113 Å². The molecule has 0 atom stereocenters. The van der Waals surface area contributed by atoms with E-state index in [0.717, 1.165) is 51.8 Å². The van der Waals surface area contributed by atoms with Gasteiger partial charge in [0.25, 0.3) is 0 Å². The van der Waals surface area contributed by atoms with Crippen LogP contribution in [0.15, 0.2) is 180 Å². The summed E-state index contributed by atoms with van der Waals surface area (Å²) in [6, 6.07) is 60.8. The molecule has 2 heterocycles. The topological polar surface area (TPSA) is 21.3 Å². The summed E-state index contributed by atoms with van der Waals surface area (Å²) in [5.41, 5.74) is 15.0. The second-order valence-corrected chi connectivity index (χ2v) is 13.3. The highest BCUT2D eigenvalue weighted by Gasteiger charge is 2.19. The molecule has 1 aliphatic carbocycles. The lowest BCUT2D eigenvalue weighted by Crippen LogP contribution is -2.09. The van der Waals surface area contributed by atoms with E-state index < -0.39 is 0 Å². The van der Waals surface area contributed by atoms with Gasteiger partial charge in [-0.2, -0.15) is 0 Å². The minimum atomic E-state index is 0.891. The van der Waals surface area contributed by atoms with Crippen molar-refractivity contribution < 1.29 is 4.42 Å². The Morgan fingerprint density at radius 2 is 1.04 bits per heavy atom. The molecule has 0 saturated heterocycles. The van der Waals surface area contributed by atoms with E-state index in [1.165, 1.54) is 50.1 Å². The molecule has 1 aliphatic rings. The van der Waals surface area contributed by atoms with Crippen LogP contribution in [0.5, 0.6) is 0 Å². The molecular formula is C48H34N2O. The summed E-state index contributed by atoms with van der Waals surface area (Å²) in [4.78, 5) is 2.33. The Morgan fingerprint density at radius 1 is 0.471 bits per heavy atom. The largest absolute Gasteiger partial charge is 0.456 e. The predicted molar refractivity (Wildman–Crippen MR) is 213 cm³/mol. The van der Waals surface area contributed by atoms with Crippen molar-refractivity contribution in [2.24, 2.45) is 0 Å². The van der Waals surface area contributed by atoms with Gasteiger partial charge in [0.05, 0.1) is 5.52 Å². The van der Waals surface area contributed by atoms with Gasteiger partial charge in [-0.25, -0.2) is 0 Å². The molecule has 0 N–H and O–H groups in total. The monoisotopic (exact) mass is 654 g/mol. The molecule has 0 amide bonds. The average Bonchev–Trinajstić information content (AvgIpc) is 3.75. The lowest BCUT2D eigenvalue weighted by Gasteiger charge is -2.26. The Hall–Kier alpha value is -6.58. The van der Waals surface area contributed by atoms with Crippen molar-refractivity contribution in [3.05, 3.63) is 187 Å². The van der Waals surface area contributed by atoms with Crippen molar-refractivity contribution in [3.8, 4) is 27.9 Å². The number of benzene rings is 7. The van der Waals surface area contributed by atoms with Crippen LogP contribution >= 0.6 is 0 Å². The van der Waals surface area contributed by atoms with E-state index in [0.29, 0.717) is 0 Å². The minimum Gasteiger partial charge on any atom is -0.456 e. The quantitative estimate of drug-likeness (QED) is 0.178. The van der Waals surface area contributed by atoms with Gasteiger partial charge in [-0.15, -0.1) is 0 Å². The van der Waals surface area contributed by atoms with Crippen LogP contribution in [0.25, 0.3) is 66.9 Å². The number of anilines is 3. The number of aryl methyl sites for hydroxylation is 1. The van der Waals surface area contributed by atoms with Crippen molar-refractivity contribution in [1.82, 2.24) is 4.57 Å². The van der Waals surface area contributed by atoms with E-state index in [-0.39, 0.29) is 0 Å².